The van der Waals surface area contributed by atoms with Crippen LogP contribution in [0.4, 0.5) is 11.8 Å². The summed E-state index contributed by atoms with van der Waals surface area (Å²) >= 11 is 1.92. The number of thiophene rings is 1. The standard InChI is InChI=1S/C19H27N5S/c1-19(2)6-4-5-13-14-15(25-16(13)19)17(22-18(20)21-14)24-9-11-7-23(3)8-12(11)10-24/h11-12H,4-10H2,1-3H3,(H2,20,21,22). The molecule has 4 heterocycles. The smallest absolute Gasteiger partial charge is 0.222 e. The minimum Gasteiger partial charge on any atom is -0.368 e. The number of rotatable bonds is 1. The minimum atomic E-state index is 0.245. The third-order valence-electron chi connectivity index (χ3n) is 6.44. The molecule has 0 amide bonds. The number of nitrogens with two attached hydrogens (primary N) is 1. The molecule has 0 bridgehead atoms. The van der Waals surface area contributed by atoms with E-state index in [1.54, 1.807) is 0 Å². The molecule has 2 aromatic heterocycles. The molecule has 5 rings (SSSR count). The Morgan fingerprint density at radius 3 is 2.56 bits per heavy atom. The molecule has 2 saturated heterocycles. The number of likely N-dealkylation sites (tertiary alicyclic amines) is 1. The normalized spacial score (nSPS) is 28.5. The van der Waals surface area contributed by atoms with Gasteiger partial charge in [0, 0.05) is 31.1 Å². The topological polar surface area (TPSA) is 58.3 Å². The van der Waals surface area contributed by atoms with E-state index in [0.29, 0.717) is 5.95 Å². The fourth-order valence-corrected chi connectivity index (χ4v) is 6.68. The maximum atomic E-state index is 6.14. The van der Waals surface area contributed by atoms with Crippen LogP contribution in [0.15, 0.2) is 0 Å². The van der Waals surface area contributed by atoms with Gasteiger partial charge in [-0.25, -0.2) is 4.98 Å². The summed E-state index contributed by atoms with van der Waals surface area (Å²) < 4.78 is 1.27. The first-order valence-electron chi connectivity index (χ1n) is 9.45. The van der Waals surface area contributed by atoms with Crippen molar-refractivity contribution < 1.29 is 0 Å². The lowest BCUT2D eigenvalue weighted by Crippen LogP contribution is -2.27. The van der Waals surface area contributed by atoms with Crippen molar-refractivity contribution in [2.45, 2.75) is 38.5 Å². The molecular formula is C19H27N5S. The number of nitrogens with zero attached hydrogens (tertiary/aromatic N) is 4. The summed E-state index contributed by atoms with van der Waals surface area (Å²) in [4.78, 5) is 15.8. The number of anilines is 2. The molecule has 2 aromatic rings. The van der Waals surface area contributed by atoms with Gasteiger partial charge < -0.3 is 15.5 Å². The van der Waals surface area contributed by atoms with Crippen molar-refractivity contribution in [2.24, 2.45) is 11.8 Å². The second-order valence-electron chi connectivity index (χ2n) is 8.88. The van der Waals surface area contributed by atoms with E-state index < -0.39 is 0 Å². The van der Waals surface area contributed by atoms with E-state index in [0.717, 1.165) is 42.7 Å². The summed E-state index contributed by atoms with van der Waals surface area (Å²) in [7, 11) is 2.24. The van der Waals surface area contributed by atoms with Gasteiger partial charge >= 0.3 is 0 Å². The zero-order valence-corrected chi connectivity index (χ0v) is 16.2. The third kappa shape index (κ3) is 2.37. The van der Waals surface area contributed by atoms with Gasteiger partial charge in [0.05, 0.1) is 10.2 Å². The molecular weight excluding hydrogens is 330 g/mol. The number of aryl methyl sites for hydroxylation is 1. The molecule has 2 atom stereocenters. The molecule has 2 aliphatic heterocycles. The number of hydrogen-bond acceptors (Lipinski definition) is 6. The van der Waals surface area contributed by atoms with Crippen molar-refractivity contribution in [1.82, 2.24) is 14.9 Å². The third-order valence-corrected chi connectivity index (χ3v) is 8.02. The highest BCUT2D eigenvalue weighted by molar-refractivity contribution is 7.20. The van der Waals surface area contributed by atoms with Gasteiger partial charge in [-0.3, -0.25) is 0 Å². The van der Waals surface area contributed by atoms with E-state index >= 15 is 0 Å². The van der Waals surface area contributed by atoms with Gasteiger partial charge in [-0.1, -0.05) is 13.8 Å². The Bertz CT molecular complexity index is 828. The average molecular weight is 358 g/mol. The van der Waals surface area contributed by atoms with Crippen LogP contribution in [0.5, 0.6) is 0 Å². The Kier molecular flexibility index (Phi) is 3.36. The summed E-state index contributed by atoms with van der Waals surface area (Å²) in [5.74, 6) is 3.06. The fourth-order valence-electron chi connectivity index (χ4n) is 5.24. The largest absolute Gasteiger partial charge is 0.368 e. The highest BCUT2D eigenvalue weighted by Gasteiger charge is 2.40. The Morgan fingerprint density at radius 2 is 1.84 bits per heavy atom. The molecule has 134 valence electrons. The van der Waals surface area contributed by atoms with E-state index in [1.807, 2.05) is 11.3 Å². The van der Waals surface area contributed by atoms with Crippen molar-refractivity contribution in [2.75, 3.05) is 43.9 Å². The lowest BCUT2D eigenvalue weighted by Gasteiger charge is -2.29. The molecule has 0 aromatic carbocycles. The highest BCUT2D eigenvalue weighted by atomic mass is 32.1. The first kappa shape index (κ1) is 15.8. The number of aromatic nitrogens is 2. The summed E-state index contributed by atoms with van der Waals surface area (Å²) in [6.45, 7) is 9.36. The minimum absolute atomic E-state index is 0.245. The molecule has 5 nitrogen and oxygen atoms in total. The zero-order chi connectivity index (χ0) is 17.3. The fraction of sp³-hybridized carbons (Fsp3) is 0.684. The molecule has 2 N–H and O–H groups in total. The SMILES string of the molecule is CN1CC2CN(c3nc(N)nc4c5c(sc34)C(C)(C)CCC5)CC2C1. The zero-order valence-electron chi connectivity index (χ0n) is 15.4. The van der Waals surface area contributed by atoms with Crippen molar-refractivity contribution in [3.8, 4) is 0 Å². The maximum Gasteiger partial charge on any atom is 0.222 e. The van der Waals surface area contributed by atoms with E-state index in [9.17, 15) is 0 Å². The predicted octanol–water partition coefficient (Wildman–Crippen LogP) is 2.89. The predicted molar refractivity (Wildman–Crippen MR) is 104 cm³/mol. The molecule has 0 radical (unpaired) electrons. The molecule has 2 fully saturated rings. The van der Waals surface area contributed by atoms with Crippen LogP contribution in [0.25, 0.3) is 10.2 Å². The molecule has 2 unspecified atom stereocenters. The highest BCUT2D eigenvalue weighted by Crippen LogP contribution is 2.47. The van der Waals surface area contributed by atoms with E-state index in [-0.39, 0.29) is 5.41 Å². The van der Waals surface area contributed by atoms with Crippen LogP contribution in [-0.4, -0.2) is 48.1 Å². The van der Waals surface area contributed by atoms with Gasteiger partial charge in [0.2, 0.25) is 5.95 Å². The van der Waals surface area contributed by atoms with Crippen LogP contribution in [0.1, 0.15) is 37.1 Å². The van der Waals surface area contributed by atoms with Crippen LogP contribution in [-0.2, 0) is 11.8 Å². The number of nitrogen functional groups attached to an aromatic ring is 1. The second-order valence-corrected chi connectivity index (χ2v) is 9.90. The van der Waals surface area contributed by atoms with Crippen LogP contribution in [0.2, 0.25) is 0 Å². The summed E-state index contributed by atoms with van der Waals surface area (Å²) in [5.41, 5.74) is 8.95. The van der Waals surface area contributed by atoms with Crippen LogP contribution >= 0.6 is 11.3 Å². The van der Waals surface area contributed by atoms with Crippen molar-refractivity contribution in [3.63, 3.8) is 0 Å². The van der Waals surface area contributed by atoms with E-state index in [4.69, 9.17) is 10.7 Å². The summed E-state index contributed by atoms with van der Waals surface area (Å²) in [6.07, 6.45) is 3.63. The van der Waals surface area contributed by atoms with Crippen LogP contribution in [0.3, 0.4) is 0 Å². The molecule has 1 aliphatic carbocycles. The van der Waals surface area contributed by atoms with Gasteiger partial charge in [-0.15, -0.1) is 11.3 Å². The van der Waals surface area contributed by atoms with Crippen molar-refractivity contribution in [1.29, 1.82) is 0 Å². The molecule has 3 aliphatic rings. The number of hydrogen-bond donors (Lipinski definition) is 1. The molecule has 6 heteroatoms. The van der Waals surface area contributed by atoms with Gasteiger partial charge in [0.25, 0.3) is 0 Å². The van der Waals surface area contributed by atoms with Crippen molar-refractivity contribution in [3.05, 3.63) is 10.4 Å². The molecule has 25 heavy (non-hydrogen) atoms. The first-order chi connectivity index (χ1) is 11.9. The van der Waals surface area contributed by atoms with Gasteiger partial charge in [-0.05, 0) is 49.1 Å². The number of fused-ring (bicyclic) bond motifs is 4. The summed E-state index contributed by atoms with van der Waals surface area (Å²) in [5, 5.41) is 0. The Labute approximate surface area is 153 Å². The maximum absolute atomic E-state index is 6.14. The second kappa shape index (κ2) is 5.30. The van der Waals surface area contributed by atoms with Crippen LogP contribution < -0.4 is 10.6 Å². The Balaban J connectivity index is 1.61. The van der Waals surface area contributed by atoms with E-state index in [2.05, 4.69) is 35.7 Å². The van der Waals surface area contributed by atoms with Crippen LogP contribution in [0, 0.1) is 11.8 Å². The van der Waals surface area contributed by atoms with E-state index in [1.165, 1.54) is 41.1 Å². The summed E-state index contributed by atoms with van der Waals surface area (Å²) in [6, 6.07) is 0. The van der Waals surface area contributed by atoms with Gasteiger partial charge in [-0.2, -0.15) is 4.98 Å². The Hall–Kier alpha value is -1.40. The Morgan fingerprint density at radius 1 is 1.12 bits per heavy atom. The molecule has 0 saturated carbocycles. The lowest BCUT2D eigenvalue weighted by molar-refractivity contribution is 0.387. The van der Waals surface area contributed by atoms with Crippen molar-refractivity contribution >= 4 is 33.3 Å². The monoisotopic (exact) mass is 357 g/mol. The molecule has 0 spiro atoms. The first-order valence-corrected chi connectivity index (χ1v) is 10.3. The van der Waals surface area contributed by atoms with Gasteiger partial charge in [0.1, 0.15) is 0 Å². The quantitative estimate of drug-likeness (QED) is 0.850. The van der Waals surface area contributed by atoms with Gasteiger partial charge in [0.15, 0.2) is 5.82 Å². The lowest BCUT2D eigenvalue weighted by atomic mass is 9.78. The average Bonchev–Trinajstić information content (AvgIpc) is 3.18.